The third-order valence-electron chi connectivity index (χ3n) is 9.28. The van der Waals surface area contributed by atoms with E-state index < -0.39 is 0 Å². The van der Waals surface area contributed by atoms with Gasteiger partial charge in [0.2, 0.25) is 0 Å². The number of nitrogens with zero attached hydrogens (tertiary/aromatic N) is 2. The van der Waals surface area contributed by atoms with Crippen molar-refractivity contribution in [3.05, 3.63) is 58.6 Å². The van der Waals surface area contributed by atoms with Crippen LogP contribution in [0.5, 0.6) is 0 Å². The van der Waals surface area contributed by atoms with Crippen LogP contribution in [0.1, 0.15) is 97.0 Å². The first kappa shape index (κ1) is 25.2. The molecule has 1 aromatic carbocycles. The van der Waals surface area contributed by atoms with E-state index in [-0.39, 0.29) is 28.3 Å². The minimum absolute atomic E-state index is 0.100. The summed E-state index contributed by atoms with van der Waals surface area (Å²) in [7, 11) is 0. The van der Waals surface area contributed by atoms with Gasteiger partial charge in [-0.3, -0.25) is 9.59 Å². The molecule has 38 heavy (non-hydrogen) atoms. The third kappa shape index (κ3) is 4.06. The van der Waals surface area contributed by atoms with Gasteiger partial charge in [-0.1, -0.05) is 71.1 Å². The van der Waals surface area contributed by atoms with Gasteiger partial charge in [-0.05, 0) is 48.1 Å². The Labute approximate surface area is 227 Å². The molecule has 2 heterocycles. The Morgan fingerprint density at radius 2 is 1.45 bits per heavy atom. The second-order valence-electron chi connectivity index (χ2n) is 13.6. The number of para-hydroxylation sites is 1. The fourth-order valence-electron chi connectivity index (χ4n) is 7.82. The Balaban J connectivity index is 1.65. The van der Waals surface area contributed by atoms with E-state index >= 15 is 0 Å². The zero-order valence-electron chi connectivity index (χ0n) is 23.4. The van der Waals surface area contributed by atoms with Crippen LogP contribution in [0.15, 0.2) is 53.0 Å². The molecule has 4 heteroatoms. The van der Waals surface area contributed by atoms with Gasteiger partial charge in [0.15, 0.2) is 11.6 Å². The normalized spacial score (nSPS) is 24.0. The summed E-state index contributed by atoms with van der Waals surface area (Å²) in [4.78, 5) is 30.9. The molecular formula is C34H40N2O2. The van der Waals surface area contributed by atoms with Crippen LogP contribution in [0, 0.1) is 23.2 Å². The zero-order chi connectivity index (χ0) is 26.8. The van der Waals surface area contributed by atoms with Gasteiger partial charge >= 0.3 is 0 Å². The van der Waals surface area contributed by atoms with Crippen LogP contribution in [0.25, 0.3) is 10.9 Å². The molecule has 3 aliphatic carbocycles. The van der Waals surface area contributed by atoms with Crippen LogP contribution in [-0.4, -0.2) is 27.1 Å². The van der Waals surface area contributed by atoms with E-state index in [1.54, 1.807) is 0 Å². The Hall–Kier alpha value is -3.06. The molecule has 1 aliphatic heterocycles. The van der Waals surface area contributed by atoms with E-state index in [1.807, 2.05) is 12.1 Å². The number of hydrogen-bond donors (Lipinski definition) is 0. The number of ketones is 2. The van der Waals surface area contributed by atoms with Crippen LogP contribution in [-0.2, 0) is 16.1 Å². The molecule has 0 N–H and O–H groups in total. The van der Waals surface area contributed by atoms with Crippen LogP contribution < -0.4 is 0 Å². The summed E-state index contributed by atoms with van der Waals surface area (Å²) in [6.45, 7) is 9.35. The van der Waals surface area contributed by atoms with E-state index in [0.717, 1.165) is 53.3 Å². The predicted molar refractivity (Wildman–Crippen MR) is 152 cm³/mol. The van der Waals surface area contributed by atoms with Crippen molar-refractivity contribution in [1.82, 2.24) is 9.47 Å². The van der Waals surface area contributed by atoms with Crippen molar-refractivity contribution in [2.45, 2.75) is 104 Å². The lowest BCUT2D eigenvalue weighted by Crippen LogP contribution is -2.48. The van der Waals surface area contributed by atoms with Crippen molar-refractivity contribution in [3.8, 4) is 12.3 Å². The standard InChI is InChI=1S/C34H40N2O2/c1-6-16-35-21-24(23-14-10-11-15-25(23)35)30-31-26(17-33(2,3)19-28(31)37)36(22-12-8-7-9-13-22)27-18-34(4,5)20-29(38)32(27)30/h1,10-11,14-15,21-22,30H,7-9,12-13,16-20H2,2-5H3. The molecule has 0 spiro atoms. The molecule has 0 radical (unpaired) electrons. The number of carbonyl (C=O) groups is 2. The van der Waals surface area contributed by atoms with Crippen molar-refractivity contribution < 1.29 is 9.59 Å². The molecule has 0 atom stereocenters. The quantitative estimate of drug-likeness (QED) is 0.409. The molecule has 0 amide bonds. The lowest BCUT2D eigenvalue weighted by Gasteiger charge is -2.52. The summed E-state index contributed by atoms with van der Waals surface area (Å²) >= 11 is 0. The first-order chi connectivity index (χ1) is 18.1. The second-order valence-corrected chi connectivity index (χ2v) is 13.6. The Morgan fingerprint density at radius 3 is 2.03 bits per heavy atom. The van der Waals surface area contributed by atoms with Crippen LogP contribution in [0.2, 0.25) is 0 Å². The van der Waals surface area contributed by atoms with Gasteiger partial charge in [0.1, 0.15) is 0 Å². The Kier molecular flexibility index (Phi) is 5.98. The molecule has 0 unspecified atom stereocenters. The minimum Gasteiger partial charge on any atom is -0.345 e. The molecule has 1 aromatic heterocycles. The summed E-state index contributed by atoms with van der Waals surface area (Å²) in [5.41, 5.74) is 6.07. The molecule has 1 fully saturated rings. The topological polar surface area (TPSA) is 42.3 Å². The number of carbonyl (C=O) groups excluding carboxylic acids is 2. The average Bonchev–Trinajstić information content (AvgIpc) is 3.20. The van der Waals surface area contributed by atoms with Crippen LogP contribution in [0.4, 0.5) is 0 Å². The molecule has 4 aliphatic rings. The first-order valence-electron chi connectivity index (χ1n) is 14.4. The molecular weight excluding hydrogens is 468 g/mol. The number of aromatic nitrogens is 1. The Morgan fingerprint density at radius 1 is 0.868 bits per heavy atom. The van der Waals surface area contributed by atoms with Gasteiger partial charge in [0.25, 0.3) is 0 Å². The zero-order valence-corrected chi connectivity index (χ0v) is 23.4. The maximum Gasteiger partial charge on any atom is 0.162 e. The van der Waals surface area contributed by atoms with Gasteiger partial charge in [-0.25, -0.2) is 0 Å². The molecule has 4 nitrogen and oxygen atoms in total. The van der Waals surface area contributed by atoms with Crippen molar-refractivity contribution in [3.63, 3.8) is 0 Å². The van der Waals surface area contributed by atoms with Crippen molar-refractivity contribution >= 4 is 22.5 Å². The summed E-state index contributed by atoms with van der Waals surface area (Å²) < 4.78 is 2.10. The number of terminal acetylenes is 1. The number of fused-ring (bicyclic) bond motifs is 1. The number of hydrogen-bond acceptors (Lipinski definition) is 3. The molecule has 198 valence electrons. The van der Waals surface area contributed by atoms with Gasteiger partial charge in [0.05, 0.1) is 6.54 Å². The lowest BCUT2D eigenvalue weighted by molar-refractivity contribution is -0.119. The van der Waals surface area contributed by atoms with Crippen molar-refractivity contribution in [2.75, 3.05) is 0 Å². The lowest BCUT2D eigenvalue weighted by atomic mass is 9.63. The molecule has 2 aromatic rings. The fraction of sp³-hybridized carbons (Fsp3) is 0.529. The summed E-state index contributed by atoms with van der Waals surface area (Å²) in [6, 6.07) is 8.66. The monoisotopic (exact) mass is 508 g/mol. The van der Waals surface area contributed by atoms with Gasteiger partial charge in [-0.15, -0.1) is 6.42 Å². The molecule has 0 saturated heterocycles. The highest BCUT2D eigenvalue weighted by Crippen LogP contribution is 2.56. The van der Waals surface area contributed by atoms with Crippen molar-refractivity contribution in [1.29, 1.82) is 0 Å². The Bertz CT molecular complexity index is 1380. The van der Waals surface area contributed by atoms with E-state index in [1.165, 1.54) is 30.7 Å². The van der Waals surface area contributed by atoms with E-state index in [4.69, 9.17) is 6.42 Å². The molecule has 1 saturated carbocycles. The second kappa shape index (κ2) is 9.01. The van der Waals surface area contributed by atoms with Crippen LogP contribution in [0.3, 0.4) is 0 Å². The third-order valence-corrected chi connectivity index (χ3v) is 9.28. The first-order valence-corrected chi connectivity index (χ1v) is 14.4. The molecule has 6 rings (SSSR count). The highest BCUT2D eigenvalue weighted by Gasteiger charge is 2.50. The highest BCUT2D eigenvalue weighted by molar-refractivity contribution is 6.08. The smallest absolute Gasteiger partial charge is 0.162 e. The van der Waals surface area contributed by atoms with E-state index in [9.17, 15) is 9.59 Å². The van der Waals surface area contributed by atoms with Crippen LogP contribution >= 0.6 is 0 Å². The molecule has 0 bridgehead atoms. The van der Waals surface area contributed by atoms with Crippen molar-refractivity contribution in [2.24, 2.45) is 10.8 Å². The number of Topliss-reactive ketones (excluding diaryl/α,β-unsaturated/α-hetero) is 2. The highest BCUT2D eigenvalue weighted by atomic mass is 16.1. The van der Waals surface area contributed by atoms with E-state index in [0.29, 0.717) is 25.4 Å². The predicted octanol–water partition coefficient (Wildman–Crippen LogP) is 7.29. The number of allylic oxidation sites excluding steroid dienone is 4. The summed E-state index contributed by atoms with van der Waals surface area (Å²) in [5.74, 6) is 2.88. The maximum atomic E-state index is 14.2. The maximum absolute atomic E-state index is 14.2. The van der Waals surface area contributed by atoms with Gasteiger partial charge in [0, 0.05) is 64.4 Å². The fourth-order valence-corrected chi connectivity index (χ4v) is 7.82. The summed E-state index contributed by atoms with van der Waals surface area (Å²) in [5, 5.41) is 1.09. The minimum atomic E-state index is -0.323. The largest absolute Gasteiger partial charge is 0.345 e. The van der Waals surface area contributed by atoms with Gasteiger partial charge in [-0.2, -0.15) is 0 Å². The van der Waals surface area contributed by atoms with E-state index in [2.05, 4.69) is 61.4 Å². The number of rotatable bonds is 3. The summed E-state index contributed by atoms with van der Waals surface area (Å²) in [6.07, 6.45) is 16.6. The SMILES string of the molecule is C#CCn1cc(C2C3=C(CC(C)(C)CC3=O)N(C3CCCCC3)C3=C2C(=O)CC(C)(C)C3)c2ccccc21. The number of benzene rings is 1. The average molecular weight is 509 g/mol. The van der Waals surface area contributed by atoms with Gasteiger partial charge < -0.3 is 9.47 Å².